The minimum atomic E-state index is -4.88. The van der Waals surface area contributed by atoms with E-state index in [4.69, 9.17) is 0 Å². The van der Waals surface area contributed by atoms with E-state index in [-0.39, 0.29) is 34.6 Å². The molecule has 2 atom stereocenters. The van der Waals surface area contributed by atoms with Crippen LogP contribution < -0.4 is 16.4 Å². The normalized spacial score (nSPS) is 17.8. The molecule has 4 heterocycles. The highest BCUT2D eigenvalue weighted by Crippen LogP contribution is 2.34. The summed E-state index contributed by atoms with van der Waals surface area (Å²) >= 11 is 0. The van der Waals surface area contributed by atoms with Gasteiger partial charge in [0.25, 0.3) is 11.1 Å². The number of anilines is 1. The quantitative estimate of drug-likeness (QED) is 0.295. The summed E-state index contributed by atoms with van der Waals surface area (Å²) < 4.78 is 73.4. The first kappa shape index (κ1) is 26.6. The van der Waals surface area contributed by atoms with Crippen molar-refractivity contribution in [3.63, 3.8) is 0 Å². The number of aromatic nitrogens is 6. The van der Waals surface area contributed by atoms with Gasteiger partial charge >= 0.3 is 6.18 Å². The van der Waals surface area contributed by atoms with Crippen molar-refractivity contribution < 1.29 is 22.0 Å². The number of benzene rings is 1. The third kappa shape index (κ3) is 5.05. The van der Waals surface area contributed by atoms with Gasteiger partial charge in [-0.15, -0.1) is 5.10 Å². The molecule has 1 aliphatic carbocycles. The molecule has 6 rings (SSSR count). The molecule has 0 unspecified atom stereocenters. The van der Waals surface area contributed by atoms with E-state index in [1.54, 1.807) is 29.5 Å². The van der Waals surface area contributed by atoms with E-state index in [0.717, 1.165) is 18.5 Å². The Bertz CT molecular complexity index is 1860. The van der Waals surface area contributed by atoms with Crippen molar-refractivity contribution in [3.8, 4) is 11.4 Å². The summed E-state index contributed by atoms with van der Waals surface area (Å²) in [6.45, 7) is 0.0843. The molecule has 4 aromatic heterocycles. The van der Waals surface area contributed by atoms with Gasteiger partial charge in [-0.1, -0.05) is 12.5 Å². The SMILES string of the molecule is O=c1[nH]ncc(N[C@H]2CCC[C@@H](Cn3cc(F)c4cc(-c5nc6ccccn6n5)c(F)cc4c3=O)C2)c1C(F)(F)F. The van der Waals surface area contributed by atoms with E-state index < -0.39 is 46.2 Å². The summed E-state index contributed by atoms with van der Waals surface area (Å²) in [5.74, 6) is -1.66. The lowest BCUT2D eigenvalue weighted by Crippen LogP contribution is -2.34. The molecule has 5 aromatic rings. The summed E-state index contributed by atoms with van der Waals surface area (Å²) in [7, 11) is 0. The smallest absolute Gasteiger partial charge is 0.380 e. The number of nitrogens with one attached hydrogen (secondary N) is 2. The van der Waals surface area contributed by atoms with Crippen molar-refractivity contribution in [3.05, 3.63) is 86.8 Å². The maximum Gasteiger partial charge on any atom is 0.423 e. The maximum atomic E-state index is 15.3. The van der Waals surface area contributed by atoms with Gasteiger partial charge in [-0.05, 0) is 49.4 Å². The molecule has 0 bridgehead atoms. The lowest BCUT2D eigenvalue weighted by molar-refractivity contribution is -0.138. The molecule has 1 fully saturated rings. The molecule has 1 saturated carbocycles. The van der Waals surface area contributed by atoms with Crippen molar-refractivity contribution in [2.45, 2.75) is 44.4 Å². The number of rotatable bonds is 5. The first-order valence-corrected chi connectivity index (χ1v) is 12.8. The van der Waals surface area contributed by atoms with E-state index in [9.17, 15) is 22.8 Å². The Balaban J connectivity index is 1.26. The zero-order chi connectivity index (χ0) is 28.9. The van der Waals surface area contributed by atoms with E-state index >= 15 is 8.78 Å². The largest absolute Gasteiger partial charge is 0.423 e. The molecule has 1 aliphatic rings. The third-order valence-electron chi connectivity index (χ3n) is 7.34. The van der Waals surface area contributed by atoms with Gasteiger partial charge in [0.15, 0.2) is 11.5 Å². The zero-order valence-electron chi connectivity index (χ0n) is 21.3. The molecule has 2 N–H and O–H groups in total. The molecule has 0 spiro atoms. The fourth-order valence-corrected chi connectivity index (χ4v) is 5.50. The number of hydrogen-bond acceptors (Lipinski definition) is 6. The Morgan fingerprint density at radius 3 is 2.68 bits per heavy atom. The predicted octanol–water partition coefficient (Wildman–Crippen LogP) is 4.76. The van der Waals surface area contributed by atoms with Crippen LogP contribution in [0.15, 0.2) is 58.5 Å². The minimum Gasteiger partial charge on any atom is -0.380 e. The predicted molar refractivity (Wildman–Crippen MR) is 139 cm³/mol. The van der Waals surface area contributed by atoms with Crippen LogP contribution in [0.2, 0.25) is 0 Å². The van der Waals surface area contributed by atoms with Crippen LogP contribution in [0.5, 0.6) is 0 Å². The zero-order valence-corrected chi connectivity index (χ0v) is 21.3. The number of pyridine rings is 2. The van der Waals surface area contributed by atoms with Crippen molar-refractivity contribution in [2.75, 3.05) is 5.32 Å². The maximum absolute atomic E-state index is 15.3. The highest BCUT2D eigenvalue weighted by Gasteiger charge is 2.38. The van der Waals surface area contributed by atoms with E-state index in [0.29, 0.717) is 31.3 Å². The minimum absolute atomic E-state index is 0.0456. The fourth-order valence-electron chi connectivity index (χ4n) is 5.50. The Kier molecular flexibility index (Phi) is 6.54. The van der Waals surface area contributed by atoms with Crippen LogP contribution >= 0.6 is 0 Å². The van der Waals surface area contributed by atoms with E-state index in [1.807, 2.05) is 0 Å². The van der Waals surface area contributed by atoms with Crippen LogP contribution in [0.4, 0.5) is 27.6 Å². The Hall–Kier alpha value is -4.62. The molecule has 212 valence electrons. The standard InChI is InChI=1S/C27H22F5N7O2/c28-19-10-17-16(9-18(19)24-35-22-6-1-2-7-39(22)37-24)20(29)13-38(26(17)41)12-14-4-3-5-15(8-14)34-21-11-33-36-25(40)23(21)27(30,31)32/h1-2,6-7,9-11,13-15H,3-5,8,12H2,(H2,34,36,40)/t14-,15+/m1/s1. The Morgan fingerprint density at radius 2 is 1.90 bits per heavy atom. The van der Waals surface area contributed by atoms with Gasteiger partial charge < -0.3 is 9.88 Å². The van der Waals surface area contributed by atoms with Gasteiger partial charge in [0, 0.05) is 30.4 Å². The number of aromatic amines is 1. The summed E-state index contributed by atoms with van der Waals surface area (Å²) in [5, 5.41) is 12.1. The molecule has 0 amide bonds. The van der Waals surface area contributed by atoms with Gasteiger partial charge in [0.05, 0.1) is 22.8 Å². The summed E-state index contributed by atoms with van der Waals surface area (Å²) in [6, 6.07) is 6.92. The molecule has 1 aromatic carbocycles. The number of alkyl halides is 3. The van der Waals surface area contributed by atoms with Crippen molar-refractivity contribution in [2.24, 2.45) is 5.92 Å². The van der Waals surface area contributed by atoms with Crippen LogP contribution in [0, 0.1) is 17.6 Å². The third-order valence-corrected chi connectivity index (χ3v) is 7.34. The number of halogens is 5. The molecular weight excluding hydrogens is 549 g/mol. The van der Waals surface area contributed by atoms with Gasteiger partial charge in [0.2, 0.25) is 0 Å². The monoisotopic (exact) mass is 571 g/mol. The summed E-state index contributed by atoms with van der Waals surface area (Å²) in [4.78, 5) is 29.3. The first-order chi connectivity index (χ1) is 19.6. The van der Waals surface area contributed by atoms with Crippen molar-refractivity contribution in [1.29, 1.82) is 0 Å². The number of H-pyrrole nitrogens is 1. The van der Waals surface area contributed by atoms with E-state index in [2.05, 4.69) is 20.5 Å². The topological polar surface area (TPSA) is 110 Å². The number of nitrogens with zero attached hydrogens (tertiary/aromatic N) is 5. The van der Waals surface area contributed by atoms with Gasteiger partial charge in [-0.3, -0.25) is 9.59 Å². The van der Waals surface area contributed by atoms with Crippen LogP contribution in [0.3, 0.4) is 0 Å². The fraction of sp³-hybridized carbons (Fsp3) is 0.296. The molecule has 0 saturated heterocycles. The second-order valence-corrected chi connectivity index (χ2v) is 10.1. The lowest BCUT2D eigenvalue weighted by Gasteiger charge is -2.31. The highest BCUT2D eigenvalue weighted by atomic mass is 19.4. The van der Waals surface area contributed by atoms with Crippen LogP contribution in [-0.2, 0) is 12.7 Å². The molecule has 9 nitrogen and oxygen atoms in total. The first-order valence-electron chi connectivity index (χ1n) is 12.8. The van der Waals surface area contributed by atoms with Gasteiger partial charge in [-0.25, -0.2) is 23.4 Å². The van der Waals surface area contributed by atoms with Crippen LogP contribution in [0.25, 0.3) is 27.8 Å². The van der Waals surface area contributed by atoms with Gasteiger partial charge in [0.1, 0.15) is 17.2 Å². The Labute approximate surface area is 227 Å². The summed E-state index contributed by atoms with van der Waals surface area (Å²) in [6.07, 6.45) is 0.923. The average Bonchev–Trinajstić information content (AvgIpc) is 3.35. The van der Waals surface area contributed by atoms with Crippen LogP contribution in [-0.4, -0.2) is 35.4 Å². The number of fused-ring (bicyclic) bond motifs is 2. The Morgan fingerprint density at radius 1 is 1.07 bits per heavy atom. The van der Waals surface area contributed by atoms with E-state index in [1.165, 1.54) is 15.1 Å². The summed E-state index contributed by atoms with van der Waals surface area (Å²) in [5.41, 5.74) is -3.30. The molecule has 41 heavy (non-hydrogen) atoms. The second kappa shape index (κ2) is 10.1. The molecule has 14 heteroatoms. The average molecular weight is 572 g/mol. The lowest BCUT2D eigenvalue weighted by atomic mass is 9.85. The van der Waals surface area contributed by atoms with Crippen molar-refractivity contribution >= 4 is 22.1 Å². The highest BCUT2D eigenvalue weighted by molar-refractivity contribution is 5.86. The number of hydrogen-bond donors (Lipinski definition) is 2. The van der Waals surface area contributed by atoms with Gasteiger partial charge in [-0.2, -0.15) is 18.3 Å². The van der Waals surface area contributed by atoms with Crippen LogP contribution in [0.1, 0.15) is 31.2 Å². The molecular formula is C27H22F5N7O2. The molecule has 0 aliphatic heterocycles. The second-order valence-electron chi connectivity index (χ2n) is 10.1. The molecule has 0 radical (unpaired) electrons. The van der Waals surface area contributed by atoms with Crippen molar-refractivity contribution in [1.82, 2.24) is 29.4 Å².